The smallest absolute Gasteiger partial charge is 0.228 e. The maximum Gasteiger partial charge on any atom is 0.228 e. The molecule has 4 heterocycles. The molecule has 0 bridgehead atoms. The van der Waals surface area contributed by atoms with Crippen LogP contribution in [0.5, 0.6) is 0 Å². The topological polar surface area (TPSA) is 68.0 Å². The summed E-state index contributed by atoms with van der Waals surface area (Å²) in [6.45, 7) is 0. The second-order valence-corrected chi connectivity index (χ2v) is 5.26. The molecule has 0 saturated heterocycles. The molecule has 0 spiro atoms. The van der Waals surface area contributed by atoms with E-state index >= 15 is 0 Å². The number of rotatable bonds is 3. The van der Waals surface area contributed by atoms with Gasteiger partial charge in [0.05, 0.1) is 22.6 Å². The van der Waals surface area contributed by atoms with Gasteiger partial charge in [-0.3, -0.25) is 4.40 Å². The molecule has 4 aromatic rings. The van der Waals surface area contributed by atoms with Crippen molar-refractivity contribution in [2.45, 2.75) is 0 Å². The Morgan fingerprint density at radius 2 is 1.91 bits per heavy atom. The van der Waals surface area contributed by atoms with E-state index in [9.17, 15) is 0 Å². The Labute approximate surface area is 136 Å². The summed E-state index contributed by atoms with van der Waals surface area (Å²) in [6, 6.07) is 11.2. The number of nitrogens with zero attached hydrogens (tertiary/aromatic N) is 5. The van der Waals surface area contributed by atoms with Crippen molar-refractivity contribution in [1.29, 1.82) is 0 Å². The lowest BCUT2D eigenvalue weighted by atomic mass is 10.3. The predicted octanol–water partition coefficient (Wildman–Crippen LogP) is 3.58. The molecule has 0 saturated carbocycles. The molecule has 6 nitrogen and oxygen atoms in total. The van der Waals surface area contributed by atoms with E-state index in [2.05, 4.69) is 25.3 Å². The predicted molar refractivity (Wildman–Crippen MR) is 88.7 cm³/mol. The zero-order chi connectivity index (χ0) is 15.6. The molecule has 0 unspecified atom stereocenters. The molecule has 112 valence electrons. The van der Waals surface area contributed by atoms with Crippen LogP contribution >= 0.6 is 11.6 Å². The summed E-state index contributed by atoms with van der Waals surface area (Å²) >= 11 is 5.83. The molecule has 0 aromatic carbocycles. The van der Waals surface area contributed by atoms with Gasteiger partial charge in [-0.1, -0.05) is 17.7 Å². The fourth-order valence-corrected chi connectivity index (χ4v) is 2.36. The maximum absolute atomic E-state index is 5.83. The molecule has 23 heavy (non-hydrogen) atoms. The average molecular weight is 323 g/mol. The monoisotopic (exact) mass is 322 g/mol. The third-order valence-electron chi connectivity index (χ3n) is 3.30. The van der Waals surface area contributed by atoms with Crippen molar-refractivity contribution < 1.29 is 0 Å². The highest BCUT2D eigenvalue weighted by Crippen LogP contribution is 2.20. The largest absolute Gasteiger partial charge is 0.309 e. The van der Waals surface area contributed by atoms with Gasteiger partial charge < -0.3 is 5.32 Å². The van der Waals surface area contributed by atoms with Gasteiger partial charge in [0.15, 0.2) is 0 Å². The molecule has 0 aliphatic rings. The normalized spacial score (nSPS) is 10.8. The zero-order valence-electron chi connectivity index (χ0n) is 11.9. The Bertz CT molecular complexity index is 964. The Balaban J connectivity index is 1.70. The van der Waals surface area contributed by atoms with Crippen LogP contribution in [0.3, 0.4) is 0 Å². The second-order valence-electron chi connectivity index (χ2n) is 4.82. The lowest BCUT2D eigenvalue weighted by Crippen LogP contribution is -2.00. The fourth-order valence-electron chi connectivity index (χ4n) is 2.25. The van der Waals surface area contributed by atoms with Crippen LogP contribution in [0.1, 0.15) is 0 Å². The minimum absolute atomic E-state index is 0.461. The molecule has 0 radical (unpaired) electrons. The Morgan fingerprint density at radius 3 is 2.78 bits per heavy atom. The van der Waals surface area contributed by atoms with Crippen LogP contribution < -0.4 is 5.32 Å². The number of pyridine rings is 2. The molecule has 1 N–H and O–H groups in total. The number of anilines is 2. The van der Waals surface area contributed by atoms with Crippen molar-refractivity contribution in [1.82, 2.24) is 24.3 Å². The first kappa shape index (κ1) is 13.7. The standard InChI is InChI=1S/C16H11ClN6/c17-11-4-5-14(19-9-11)22-16-18-7-6-12(21-16)13-10-20-15-3-1-2-8-23(13)15/h1-10H,(H,18,19,21,22). The van der Waals surface area contributed by atoms with Gasteiger partial charge in [-0.25, -0.2) is 19.9 Å². The van der Waals surface area contributed by atoms with Crippen molar-refractivity contribution in [3.05, 3.63) is 66.2 Å². The van der Waals surface area contributed by atoms with E-state index in [-0.39, 0.29) is 0 Å². The summed E-state index contributed by atoms with van der Waals surface area (Å²) in [5, 5.41) is 3.64. The molecule has 4 rings (SSSR count). The Kier molecular flexibility index (Phi) is 3.36. The summed E-state index contributed by atoms with van der Waals surface area (Å²) in [5.74, 6) is 1.09. The van der Waals surface area contributed by atoms with Gasteiger partial charge in [-0.2, -0.15) is 0 Å². The molecule has 0 aliphatic heterocycles. The third-order valence-corrected chi connectivity index (χ3v) is 3.53. The van der Waals surface area contributed by atoms with Gasteiger partial charge in [0.25, 0.3) is 0 Å². The van der Waals surface area contributed by atoms with Crippen molar-refractivity contribution in [3.63, 3.8) is 0 Å². The molecular weight excluding hydrogens is 312 g/mol. The summed E-state index contributed by atoms with van der Waals surface area (Å²) in [4.78, 5) is 17.3. The lowest BCUT2D eigenvalue weighted by Gasteiger charge is -2.06. The van der Waals surface area contributed by atoms with E-state index in [4.69, 9.17) is 11.6 Å². The van der Waals surface area contributed by atoms with Gasteiger partial charge >= 0.3 is 0 Å². The first-order valence-corrected chi connectivity index (χ1v) is 7.31. The van der Waals surface area contributed by atoms with Crippen LogP contribution in [0.15, 0.2) is 61.2 Å². The minimum atomic E-state index is 0.461. The molecule has 7 heteroatoms. The van der Waals surface area contributed by atoms with E-state index in [1.54, 1.807) is 30.7 Å². The maximum atomic E-state index is 5.83. The van der Waals surface area contributed by atoms with E-state index in [0.717, 1.165) is 17.0 Å². The van der Waals surface area contributed by atoms with E-state index in [1.807, 2.05) is 34.9 Å². The van der Waals surface area contributed by atoms with Crippen LogP contribution in [0.2, 0.25) is 5.02 Å². The lowest BCUT2D eigenvalue weighted by molar-refractivity contribution is 1.12. The SMILES string of the molecule is Clc1ccc(Nc2nccc(-c3cnc4ccccn34)n2)nc1. The summed E-state index contributed by atoms with van der Waals surface area (Å²) in [6.07, 6.45) is 7.01. The van der Waals surface area contributed by atoms with Crippen molar-refractivity contribution in [3.8, 4) is 11.4 Å². The van der Waals surface area contributed by atoms with Gasteiger partial charge in [0.2, 0.25) is 5.95 Å². The molecule has 4 aromatic heterocycles. The summed E-state index contributed by atoms with van der Waals surface area (Å²) < 4.78 is 1.98. The van der Waals surface area contributed by atoms with Gasteiger partial charge in [-0.15, -0.1) is 0 Å². The third kappa shape index (κ3) is 2.72. The first-order chi connectivity index (χ1) is 11.3. The van der Waals surface area contributed by atoms with Crippen LogP contribution in [0.4, 0.5) is 11.8 Å². The summed E-state index contributed by atoms with van der Waals surface area (Å²) in [5.41, 5.74) is 2.54. The average Bonchev–Trinajstić information content (AvgIpc) is 3.01. The number of halogens is 1. The zero-order valence-corrected chi connectivity index (χ0v) is 12.6. The van der Waals surface area contributed by atoms with Crippen LogP contribution in [0.25, 0.3) is 17.0 Å². The van der Waals surface area contributed by atoms with Gasteiger partial charge in [-0.05, 0) is 30.3 Å². The Morgan fingerprint density at radius 1 is 0.957 bits per heavy atom. The minimum Gasteiger partial charge on any atom is -0.309 e. The number of hydrogen-bond donors (Lipinski definition) is 1. The van der Waals surface area contributed by atoms with Crippen LogP contribution in [-0.2, 0) is 0 Å². The summed E-state index contributed by atoms with van der Waals surface area (Å²) in [7, 11) is 0. The van der Waals surface area contributed by atoms with Crippen molar-refractivity contribution >= 4 is 29.0 Å². The van der Waals surface area contributed by atoms with Crippen LogP contribution in [0, 0.1) is 0 Å². The Hall–Kier alpha value is -2.99. The number of nitrogens with one attached hydrogen (secondary N) is 1. The van der Waals surface area contributed by atoms with Gasteiger partial charge in [0, 0.05) is 18.6 Å². The molecular formula is C16H11ClN6. The van der Waals surface area contributed by atoms with Crippen molar-refractivity contribution in [2.24, 2.45) is 0 Å². The van der Waals surface area contributed by atoms with Gasteiger partial charge in [0.1, 0.15) is 11.5 Å². The first-order valence-electron chi connectivity index (χ1n) is 6.94. The number of fused-ring (bicyclic) bond motifs is 1. The molecule has 0 aliphatic carbocycles. The number of hydrogen-bond acceptors (Lipinski definition) is 5. The van der Waals surface area contributed by atoms with E-state index in [0.29, 0.717) is 16.8 Å². The fraction of sp³-hybridized carbons (Fsp3) is 0. The highest BCUT2D eigenvalue weighted by atomic mass is 35.5. The van der Waals surface area contributed by atoms with E-state index < -0.39 is 0 Å². The molecule has 0 amide bonds. The second kappa shape index (κ2) is 5.66. The number of aromatic nitrogens is 5. The quantitative estimate of drug-likeness (QED) is 0.624. The molecule has 0 atom stereocenters. The molecule has 0 fully saturated rings. The van der Waals surface area contributed by atoms with Crippen LogP contribution in [-0.4, -0.2) is 24.3 Å². The highest BCUT2D eigenvalue weighted by molar-refractivity contribution is 6.30. The highest BCUT2D eigenvalue weighted by Gasteiger charge is 2.08. The number of imidazole rings is 1. The van der Waals surface area contributed by atoms with E-state index in [1.165, 1.54) is 0 Å². The van der Waals surface area contributed by atoms with Crippen molar-refractivity contribution in [2.75, 3.05) is 5.32 Å².